The second-order valence-electron chi connectivity index (χ2n) is 8.27. The van der Waals surface area contributed by atoms with Crippen LogP contribution in [0.2, 0.25) is 0 Å². The van der Waals surface area contributed by atoms with Gasteiger partial charge in [0.15, 0.2) is 0 Å². The molecule has 0 amide bonds. The van der Waals surface area contributed by atoms with Gasteiger partial charge in [-0.05, 0) is 79.2 Å². The van der Waals surface area contributed by atoms with Crippen molar-refractivity contribution in [3.8, 4) is 11.5 Å². The molecule has 0 spiro atoms. The summed E-state index contributed by atoms with van der Waals surface area (Å²) in [6.07, 6.45) is -1.43. The maximum Gasteiger partial charge on any atom is 0.511 e. The third-order valence-corrected chi connectivity index (χ3v) is 5.46. The van der Waals surface area contributed by atoms with Gasteiger partial charge in [-0.2, -0.15) is 0 Å². The zero-order valence-electron chi connectivity index (χ0n) is 24.2. The van der Waals surface area contributed by atoms with Crippen LogP contribution in [-0.2, 0) is 44.0 Å². The summed E-state index contributed by atoms with van der Waals surface area (Å²) in [4.78, 5) is 35.7. The second kappa shape index (κ2) is 25.0. The molecule has 12 nitrogen and oxygen atoms in total. The molecule has 0 saturated carbocycles. The molecule has 44 heavy (non-hydrogen) atoms. The van der Waals surface area contributed by atoms with Gasteiger partial charge in [-0.3, -0.25) is 9.69 Å². The number of carbonyl (C=O) groups is 3. The van der Waals surface area contributed by atoms with E-state index in [0.29, 0.717) is 5.75 Å². The molecule has 0 aliphatic heterocycles. The quantitative estimate of drug-likeness (QED) is 0.123. The summed E-state index contributed by atoms with van der Waals surface area (Å²) < 4.78 is 10.0. The summed E-state index contributed by atoms with van der Waals surface area (Å²) in [6, 6.07) is 17.6. The first-order valence-corrected chi connectivity index (χ1v) is 12.3. The molecular formula is C31H47N4O8Y-. The van der Waals surface area contributed by atoms with Crippen molar-refractivity contribution in [1.29, 1.82) is 0 Å². The summed E-state index contributed by atoms with van der Waals surface area (Å²) in [6.45, 7) is 4.47. The molecule has 0 fully saturated rings. The number of hydrogen-bond acceptors (Lipinski definition) is 8. The van der Waals surface area contributed by atoms with Crippen molar-refractivity contribution in [2.75, 3.05) is 27.2 Å². The average Bonchev–Trinajstić information content (AvgIpc) is 2.92. The predicted octanol–water partition coefficient (Wildman–Crippen LogP) is 5.96. The van der Waals surface area contributed by atoms with Crippen LogP contribution in [-0.4, -0.2) is 65.6 Å². The number of nitrogens with two attached hydrogens (primary N) is 3. The van der Waals surface area contributed by atoms with E-state index in [-0.39, 0.29) is 78.1 Å². The largest absolute Gasteiger partial charge is 0.693 e. The van der Waals surface area contributed by atoms with Gasteiger partial charge in [0.25, 0.3) is 0 Å². The summed E-state index contributed by atoms with van der Waals surface area (Å²) in [5, 5.41) is 27.7. The Morgan fingerprint density at radius 2 is 1.39 bits per heavy atom. The first kappa shape index (κ1) is 47.5. The fourth-order valence-corrected chi connectivity index (χ4v) is 3.89. The van der Waals surface area contributed by atoms with Crippen LogP contribution in [0.1, 0.15) is 60.4 Å². The maximum atomic E-state index is 11.8. The molecule has 1 atom stereocenters. The Bertz CT molecular complexity index is 1240. The number of nitrogens with zero attached hydrogens (tertiary/aromatic N) is 1. The number of carboxylic acids is 2. The third kappa shape index (κ3) is 15.4. The van der Waals surface area contributed by atoms with E-state index < -0.39 is 24.1 Å². The molecule has 0 aliphatic rings. The molecule has 0 bridgehead atoms. The van der Waals surface area contributed by atoms with Gasteiger partial charge in [-0.25, -0.2) is 9.59 Å². The van der Waals surface area contributed by atoms with Gasteiger partial charge in [-0.1, -0.05) is 52.1 Å². The first-order valence-electron chi connectivity index (χ1n) is 12.3. The number of methoxy groups -OCH3 is 1. The van der Waals surface area contributed by atoms with Gasteiger partial charge in [0, 0.05) is 39.3 Å². The Morgan fingerprint density at radius 3 is 1.80 bits per heavy atom. The van der Waals surface area contributed by atoms with E-state index in [2.05, 4.69) is 5.73 Å². The maximum absolute atomic E-state index is 11.8. The molecule has 0 saturated heterocycles. The Morgan fingerprint density at radius 1 is 0.886 bits per heavy atom. The molecule has 3 aromatic rings. The number of carboxylic acid groups (broad SMARTS) is 3. The van der Waals surface area contributed by atoms with Crippen LogP contribution in [0.15, 0.2) is 66.7 Å². The van der Waals surface area contributed by atoms with Crippen molar-refractivity contribution in [3.63, 3.8) is 0 Å². The van der Waals surface area contributed by atoms with Crippen molar-refractivity contribution in [2.45, 2.75) is 41.3 Å². The zero-order chi connectivity index (χ0) is 30.2. The number of rotatable bonds is 10. The van der Waals surface area contributed by atoms with Crippen LogP contribution in [0.3, 0.4) is 0 Å². The van der Waals surface area contributed by atoms with Crippen LogP contribution >= 0.6 is 0 Å². The molecule has 3 rings (SSSR count). The van der Waals surface area contributed by atoms with Crippen LogP contribution in [0.25, 0.3) is 6.15 Å². The molecule has 13 heteroatoms. The van der Waals surface area contributed by atoms with E-state index in [9.17, 15) is 19.5 Å². The molecule has 243 valence electrons. The van der Waals surface area contributed by atoms with Crippen molar-refractivity contribution in [1.82, 2.24) is 4.90 Å². The van der Waals surface area contributed by atoms with Crippen molar-refractivity contribution in [2.24, 2.45) is 11.5 Å². The molecule has 0 aromatic heterocycles. The monoisotopic (exact) mass is 692 g/mol. The SMILES string of the molecule is C.C.CCN.CN.COc1ccc(C(c2ccc(OC(=O)O)cc2)N(CC(=O)O)Cc2ccc(C(=O)O)cc2)c(C)c1.[NH2-].[Y]. The molecule has 1 unspecified atom stereocenters. The number of ether oxygens (including phenoxy) is 2. The van der Waals surface area contributed by atoms with Gasteiger partial charge in [-0.15, -0.1) is 0 Å². The minimum atomic E-state index is -1.43. The van der Waals surface area contributed by atoms with E-state index in [4.69, 9.17) is 25.4 Å². The molecule has 0 heterocycles. The normalized spacial score (nSPS) is 9.80. The zero-order valence-corrected chi connectivity index (χ0v) is 27.0. The van der Waals surface area contributed by atoms with E-state index >= 15 is 0 Å². The number of aryl methyl sites for hydroxylation is 1. The topological polar surface area (TPSA) is 219 Å². The van der Waals surface area contributed by atoms with Gasteiger partial charge in [0.05, 0.1) is 25.3 Å². The Hall–Kier alpha value is -3.39. The van der Waals surface area contributed by atoms with Gasteiger partial charge < -0.3 is 42.4 Å². The minimum absolute atomic E-state index is 0. The summed E-state index contributed by atoms with van der Waals surface area (Å²) >= 11 is 0. The molecule has 9 N–H and O–H groups in total. The standard InChI is InChI=1S/C26H25NO8.C2H7N.CH5N.2CH4.H2N.Y/c1-16-13-21(34-2)11-12-22(16)24(18-7-9-20(10-8-18)35-26(32)33)27(15-23(28)29)14-17-3-5-19(6-4-17)25(30)31;1-2-3;1-2;;;;/h3-13,24H,14-15H2,1-2H3,(H,28,29)(H,30,31)(H,32,33);2-3H2,1H3;2H2,1H3;2*1H4;1H2;/q;;;;;-1;. The third-order valence-electron chi connectivity index (χ3n) is 5.46. The van der Waals surface area contributed by atoms with Crippen LogP contribution in [0.5, 0.6) is 11.5 Å². The van der Waals surface area contributed by atoms with E-state index in [1.54, 1.807) is 42.3 Å². The van der Waals surface area contributed by atoms with Crippen molar-refractivity contribution in [3.05, 3.63) is 101 Å². The number of aliphatic carboxylic acids is 1. The van der Waals surface area contributed by atoms with Crippen molar-refractivity contribution >= 4 is 18.1 Å². The van der Waals surface area contributed by atoms with E-state index in [0.717, 1.165) is 28.8 Å². The summed E-state index contributed by atoms with van der Waals surface area (Å²) in [7, 11) is 3.06. The summed E-state index contributed by atoms with van der Waals surface area (Å²) in [5.41, 5.74) is 12.6. The molecule has 3 aromatic carbocycles. The Labute approximate surface area is 285 Å². The van der Waals surface area contributed by atoms with Gasteiger partial charge >= 0.3 is 18.1 Å². The first-order chi connectivity index (χ1) is 19.1. The fourth-order valence-electron chi connectivity index (χ4n) is 3.89. The molecule has 1 radical (unpaired) electrons. The van der Waals surface area contributed by atoms with Gasteiger partial charge in [0.2, 0.25) is 0 Å². The minimum Gasteiger partial charge on any atom is -0.693 e. The van der Waals surface area contributed by atoms with Gasteiger partial charge in [0.1, 0.15) is 11.5 Å². The smallest absolute Gasteiger partial charge is 0.511 e. The van der Waals surface area contributed by atoms with Crippen molar-refractivity contribution < 1.29 is 71.9 Å². The van der Waals surface area contributed by atoms with Crippen LogP contribution < -0.4 is 20.9 Å². The Kier molecular flexibility index (Phi) is 27.0. The van der Waals surface area contributed by atoms with E-state index in [1.807, 2.05) is 26.0 Å². The second-order valence-corrected chi connectivity index (χ2v) is 8.27. The van der Waals surface area contributed by atoms with Crippen LogP contribution in [0.4, 0.5) is 4.79 Å². The predicted molar refractivity (Wildman–Crippen MR) is 170 cm³/mol. The number of aromatic carboxylic acids is 1. The number of hydrogen-bond donors (Lipinski definition) is 5. The van der Waals surface area contributed by atoms with E-state index in [1.165, 1.54) is 31.3 Å². The summed E-state index contributed by atoms with van der Waals surface area (Å²) in [5.74, 6) is -1.28. The fraction of sp³-hybridized carbons (Fsp3) is 0.323. The molecule has 0 aliphatic carbocycles. The average molecular weight is 693 g/mol. The number of benzene rings is 3. The van der Waals surface area contributed by atoms with Crippen LogP contribution in [0, 0.1) is 6.92 Å². The molecular weight excluding hydrogens is 645 g/mol. The Balaban J connectivity index is -0.000000837.